The lowest BCUT2D eigenvalue weighted by molar-refractivity contribution is -0.143. The number of alkyl carbamates (subject to hydrolysis) is 1. The highest BCUT2D eigenvalue weighted by Gasteiger charge is 2.22. The van der Waals surface area contributed by atoms with Crippen molar-refractivity contribution >= 4 is 12.1 Å². The molecule has 1 amide bonds. The molecule has 25 heavy (non-hydrogen) atoms. The lowest BCUT2D eigenvalue weighted by Gasteiger charge is -2.16. The van der Waals surface area contributed by atoms with Gasteiger partial charge in [-0.2, -0.15) is 0 Å². The molecule has 0 saturated carbocycles. The highest BCUT2D eigenvalue weighted by molar-refractivity contribution is 5.81. The minimum Gasteiger partial charge on any atom is -0.494 e. The molecule has 132 valence electrons. The van der Waals surface area contributed by atoms with Gasteiger partial charge in [0.1, 0.15) is 18.4 Å². The van der Waals surface area contributed by atoms with Gasteiger partial charge in [0, 0.05) is 6.42 Å². The van der Waals surface area contributed by atoms with Crippen LogP contribution in [0.5, 0.6) is 5.75 Å². The molecule has 0 aliphatic carbocycles. The minimum atomic E-state index is -0.836. The Bertz CT molecular complexity index is 660. The molecule has 0 aliphatic heterocycles. The molecular weight excluding hydrogens is 322 g/mol. The van der Waals surface area contributed by atoms with Crippen LogP contribution >= 0.6 is 0 Å². The summed E-state index contributed by atoms with van der Waals surface area (Å²) >= 11 is 0. The summed E-state index contributed by atoms with van der Waals surface area (Å²) in [5.41, 5.74) is 0.861. The fourth-order valence-electron chi connectivity index (χ4n) is 2.11. The van der Waals surface area contributed by atoms with Gasteiger partial charge in [-0.15, -0.1) is 0 Å². The standard InChI is InChI=1S/C19H21NO5/c1-23-18(21)17(12-13-24-16-10-6-3-7-11-16)20-19(22)25-14-15-8-4-2-5-9-15/h2-11,17H,12-14H2,1H3,(H,20,22)/t17-/m0/s1. The Labute approximate surface area is 146 Å². The number of carbonyl (C=O) groups is 2. The Morgan fingerprint density at radius 3 is 2.28 bits per heavy atom. The van der Waals surface area contributed by atoms with Crippen molar-refractivity contribution in [3.63, 3.8) is 0 Å². The molecule has 6 heteroatoms. The number of ether oxygens (including phenoxy) is 3. The van der Waals surface area contributed by atoms with Crippen LogP contribution in [-0.2, 0) is 20.9 Å². The van der Waals surface area contributed by atoms with Crippen LogP contribution in [0.25, 0.3) is 0 Å². The summed E-state index contributed by atoms with van der Waals surface area (Å²) in [4.78, 5) is 23.7. The summed E-state index contributed by atoms with van der Waals surface area (Å²) in [5.74, 6) is 0.145. The molecule has 0 unspecified atom stereocenters. The van der Waals surface area contributed by atoms with Crippen LogP contribution in [0.3, 0.4) is 0 Å². The number of amides is 1. The van der Waals surface area contributed by atoms with Crippen LogP contribution in [0.4, 0.5) is 4.79 Å². The number of rotatable bonds is 8. The molecule has 2 aromatic carbocycles. The molecule has 0 saturated heterocycles. The van der Waals surface area contributed by atoms with E-state index in [9.17, 15) is 9.59 Å². The quantitative estimate of drug-likeness (QED) is 0.746. The normalized spacial score (nSPS) is 11.2. The summed E-state index contributed by atoms with van der Waals surface area (Å²) in [7, 11) is 1.27. The van der Waals surface area contributed by atoms with Gasteiger partial charge in [-0.1, -0.05) is 48.5 Å². The second-order valence-electron chi connectivity index (χ2n) is 5.23. The maximum Gasteiger partial charge on any atom is 0.408 e. The largest absolute Gasteiger partial charge is 0.494 e. The van der Waals surface area contributed by atoms with Crippen molar-refractivity contribution in [1.29, 1.82) is 0 Å². The highest BCUT2D eigenvalue weighted by atomic mass is 16.6. The number of esters is 1. The molecule has 1 N–H and O–H groups in total. The number of benzene rings is 2. The predicted octanol–water partition coefficient (Wildman–Crippen LogP) is 2.92. The van der Waals surface area contributed by atoms with Crippen LogP contribution in [-0.4, -0.2) is 31.8 Å². The van der Waals surface area contributed by atoms with Gasteiger partial charge in [-0.3, -0.25) is 0 Å². The number of methoxy groups -OCH3 is 1. The maximum absolute atomic E-state index is 11.9. The molecule has 0 radical (unpaired) electrons. The molecular formula is C19H21NO5. The van der Waals surface area contributed by atoms with Crippen molar-refractivity contribution in [2.75, 3.05) is 13.7 Å². The predicted molar refractivity (Wildman–Crippen MR) is 92.1 cm³/mol. The topological polar surface area (TPSA) is 73.9 Å². The van der Waals surface area contributed by atoms with Gasteiger partial charge in [0.25, 0.3) is 0 Å². The zero-order valence-corrected chi connectivity index (χ0v) is 14.0. The number of hydrogen-bond donors (Lipinski definition) is 1. The van der Waals surface area contributed by atoms with Crippen LogP contribution in [0.1, 0.15) is 12.0 Å². The third-order valence-corrected chi connectivity index (χ3v) is 3.41. The monoisotopic (exact) mass is 343 g/mol. The zero-order valence-electron chi connectivity index (χ0n) is 14.0. The summed E-state index contributed by atoms with van der Waals surface area (Å²) in [6.45, 7) is 0.379. The van der Waals surface area contributed by atoms with Crippen LogP contribution < -0.4 is 10.1 Å². The van der Waals surface area contributed by atoms with Gasteiger partial charge in [0.05, 0.1) is 13.7 Å². The molecule has 0 aromatic heterocycles. The molecule has 2 aromatic rings. The Kier molecular flexibility index (Phi) is 7.31. The van der Waals surface area contributed by atoms with E-state index >= 15 is 0 Å². The minimum absolute atomic E-state index is 0.126. The SMILES string of the molecule is COC(=O)[C@H](CCOc1ccccc1)NC(=O)OCc1ccccc1. The Morgan fingerprint density at radius 1 is 1.00 bits per heavy atom. The van der Waals surface area contributed by atoms with E-state index in [2.05, 4.69) is 5.32 Å². The van der Waals surface area contributed by atoms with Crippen molar-refractivity contribution in [3.8, 4) is 5.75 Å². The summed E-state index contributed by atoms with van der Waals surface area (Å²) in [6.07, 6.45) is -0.416. The first-order valence-electron chi connectivity index (χ1n) is 7.92. The number of hydrogen-bond acceptors (Lipinski definition) is 5. The number of nitrogens with one attached hydrogen (secondary N) is 1. The third-order valence-electron chi connectivity index (χ3n) is 3.41. The van der Waals surface area contributed by atoms with Crippen LogP contribution in [0, 0.1) is 0 Å². The highest BCUT2D eigenvalue weighted by Crippen LogP contribution is 2.09. The molecule has 0 fully saturated rings. The summed E-state index contributed by atoms with van der Waals surface area (Å²) in [5, 5.41) is 2.51. The first-order valence-corrected chi connectivity index (χ1v) is 7.92. The van der Waals surface area contributed by atoms with Crippen molar-refractivity contribution in [2.45, 2.75) is 19.1 Å². The second-order valence-corrected chi connectivity index (χ2v) is 5.23. The average molecular weight is 343 g/mol. The van der Waals surface area contributed by atoms with Gasteiger partial charge in [0.2, 0.25) is 0 Å². The molecule has 2 rings (SSSR count). The van der Waals surface area contributed by atoms with E-state index in [1.54, 1.807) is 0 Å². The zero-order chi connectivity index (χ0) is 17.9. The van der Waals surface area contributed by atoms with E-state index in [0.717, 1.165) is 5.56 Å². The third kappa shape index (κ3) is 6.55. The van der Waals surface area contributed by atoms with Crippen molar-refractivity contribution < 1.29 is 23.8 Å². The van der Waals surface area contributed by atoms with Crippen molar-refractivity contribution in [3.05, 3.63) is 66.2 Å². The first-order chi connectivity index (χ1) is 12.2. The molecule has 0 spiro atoms. The lowest BCUT2D eigenvalue weighted by Crippen LogP contribution is -2.42. The fourth-order valence-corrected chi connectivity index (χ4v) is 2.11. The molecule has 0 bridgehead atoms. The van der Waals surface area contributed by atoms with E-state index in [4.69, 9.17) is 14.2 Å². The van der Waals surface area contributed by atoms with E-state index in [-0.39, 0.29) is 19.6 Å². The van der Waals surface area contributed by atoms with Gasteiger partial charge >= 0.3 is 12.1 Å². The van der Waals surface area contributed by atoms with Crippen molar-refractivity contribution in [1.82, 2.24) is 5.32 Å². The van der Waals surface area contributed by atoms with Crippen LogP contribution in [0.2, 0.25) is 0 Å². The van der Waals surface area contributed by atoms with E-state index < -0.39 is 18.1 Å². The lowest BCUT2D eigenvalue weighted by atomic mass is 10.2. The van der Waals surface area contributed by atoms with Gasteiger partial charge in [0.15, 0.2) is 0 Å². The molecule has 0 aliphatic rings. The van der Waals surface area contributed by atoms with Gasteiger partial charge in [-0.05, 0) is 17.7 Å². The Hall–Kier alpha value is -3.02. The van der Waals surface area contributed by atoms with Crippen molar-refractivity contribution in [2.24, 2.45) is 0 Å². The average Bonchev–Trinajstić information content (AvgIpc) is 2.66. The first kappa shape index (κ1) is 18.3. The summed E-state index contributed by atoms with van der Waals surface area (Å²) < 4.78 is 15.4. The van der Waals surface area contributed by atoms with E-state index in [1.165, 1.54) is 7.11 Å². The van der Waals surface area contributed by atoms with Gasteiger partial charge in [-0.25, -0.2) is 9.59 Å². The Morgan fingerprint density at radius 2 is 1.64 bits per heavy atom. The van der Waals surface area contributed by atoms with Crippen LogP contribution in [0.15, 0.2) is 60.7 Å². The Balaban J connectivity index is 1.80. The summed E-state index contributed by atoms with van der Waals surface area (Å²) in [6, 6.07) is 17.7. The molecule has 1 atom stereocenters. The number of para-hydroxylation sites is 1. The fraction of sp³-hybridized carbons (Fsp3) is 0.263. The van der Waals surface area contributed by atoms with E-state index in [0.29, 0.717) is 5.75 Å². The maximum atomic E-state index is 11.9. The molecule has 6 nitrogen and oxygen atoms in total. The number of carbonyl (C=O) groups excluding carboxylic acids is 2. The van der Waals surface area contributed by atoms with E-state index in [1.807, 2.05) is 60.7 Å². The smallest absolute Gasteiger partial charge is 0.408 e. The molecule has 0 heterocycles. The second kappa shape index (κ2) is 9.97. The van der Waals surface area contributed by atoms with Gasteiger partial charge < -0.3 is 19.5 Å².